The number of nitro benzene ring substituents is 1. The van der Waals surface area contributed by atoms with Crippen LogP contribution in [-0.2, 0) is 0 Å². The van der Waals surface area contributed by atoms with Crippen molar-refractivity contribution in [1.82, 2.24) is 4.40 Å². The van der Waals surface area contributed by atoms with E-state index in [-0.39, 0.29) is 28.3 Å². The molecule has 0 aliphatic carbocycles. The van der Waals surface area contributed by atoms with Gasteiger partial charge in [0.1, 0.15) is 11.4 Å². The van der Waals surface area contributed by atoms with E-state index in [2.05, 4.69) is 0 Å². The molecule has 0 radical (unpaired) electrons. The van der Waals surface area contributed by atoms with Crippen LogP contribution in [-0.4, -0.2) is 40.4 Å². The van der Waals surface area contributed by atoms with Gasteiger partial charge in [0.2, 0.25) is 5.78 Å². The molecule has 3 rings (SSSR count). The van der Waals surface area contributed by atoms with Gasteiger partial charge in [0.05, 0.1) is 30.2 Å². The molecule has 2 aromatic heterocycles. The van der Waals surface area contributed by atoms with E-state index in [4.69, 9.17) is 9.47 Å². The van der Waals surface area contributed by atoms with Crippen LogP contribution in [0.5, 0.6) is 11.5 Å². The quantitative estimate of drug-likeness (QED) is 0.394. The molecular formula is C19H16N2O7. The zero-order valence-electron chi connectivity index (χ0n) is 15.3. The number of aromatic carboxylic acids is 1. The molecule has 0 saturated heterocycles. The largest absolute Gasteiger partial charge is 0.494 e. The van der Waals surface area contributed by atoms with Crippen molar-refractivity contribution >= 4 is 23.0 Å². The highest BCUT2D eigenvalue weighted by Gasteiger charge is 2.25. The molecular weight excluding hydrogens is 368 g/mol. The van der Waals surface area contributed by atoms with Crippen molar-refractivity contribution in [3.63, 3.8) is 0 Å². The molecule has 0 bridgehead atoms. The first-order chi connectivity index (χ1) is 13.3. The first kappa shape index (κ1) is 18.9. The minimum Gasteiger partial charge on any atom is -0.494 e. The first-order valence-electron chi connectivity index (χ1n) is 8.09. The summed E-state index contributed by atoms with van der Waals surface area (Å²) in [6.45, 7) is 1.68. The Hall–Kier alpha value is -3.88. The van der Waals surface area contributed by atoms with Crippen molar-refractivity contribution in [1.29, 1.82) is 0 Å². The van der Waals surface area contributed by atoms with Gasteiger partial charge in [-0.25, -0.2) is 4.79 Å². The van der Waals surface area contributed by atoms with E-state index in [1.54, 1.807) is 13.0 Å². The molecule has 9 heteroatoms. The average molecular weight is 384 g/mol. The van der Waals surface area contributed by atoms with Crippen molar-refractivity contribution in [2.75, 3.05) is 14.2 Å². The standard InChI is InChI=1S/C19H16N2O7/c1-10-16(17(22)11-4-6-13(21(25)26)15(8-11)27-2)20-9-12(19(23)24)5-7-14(20)18(10)28-3/h4-9H,1-3H3,(H,23,24). The smallest absolute Gasteiger partial charge is 0.337 e. The van der Waals surface area contributed by atoms with Gasteiger partial charge < -0.3 is 19.0 Å². The molecule has 2 heterocycles. The highest BCUT2D eigenvalue weighted by atomic mass is 16.6. The Morgan fingerprint density at radius 3 is 2.36 bits per heavy atom. The van der Waals surface area contributed by atoms with E-state index >= 15 is 0 Å². The molecule has 28 heavy (non-hydrogen) atoms. The molecule has 144 valence electrons. The van der Waals surface area contributed by atoms with Gasteiger partial charge in [-0.1, -0.05) is 0 Å². The molecule has 1 aromatic carbocycles. The molecule has 0 fully saturated rings. The highest BCUT2D eigenvalue weighted by molar-refractivity contribution is 6.11. The lowest BCUT2D eigenvalue weighted by Crippen LogP contribution is -2.09. The summed E-state index contributed by atoms with van der Waals surface area (Å²) in [6, 6.07) is 6.78. The molecule has 9 nitrogen and oxygen atoms in total. The van der Waals surface area contributed by atoms with Gasteiger partial charge in [0.25, 0.3) is 0 Å². The number of nitro groups is 1. The molecule has 0 atom stereocenters. The zero-order chi connectivity index (χ0) is 20.6. The number of ketones is 1. The number of rotatable bonds is 6. The maximum absolute atomic E-state index is 13.2. The Labute approximate surface area is 158 Å². The lowest BCUT2D eigenvalue weighted by molar-refractivity contribution is -0.385. The number of methoxy groups -OCH3 is 2. The fraction of sp³-hybridized carbons (Fsp3) is 0.158. The van der Waals surface area contributed by atoms with Crippen LogP contribution >= 0.6 is 0 Å². The number of hydrogen-bond acceptors (Lipinski definition) is 6. The highest BCUT2D eigenvalue weighted by Crippen LogP contribution is 2.34. The van der Waals surface area contributed by atoms with E-state index in [1.165, 1.54) is 49.1 Å². The maximum Gasteiger partial charge on any atom is 0.337 e. The number of fused-ring (bicyclic) bond motifs is 1. The summed E-state index contributed by atoms with van der Waals surface area (Å²) in [5.41, 5.74) is 1.15. The predicted octanol–water partition coefficient (Wildman–Crippen LogP) is 3.10. The number of aromatic nitrogens is 1. The molecule has 3 aromatic rings. The first-order valence-corrected chi connectivity index (χ1v) is 8.09. The van der Waals surface area contributed by atoms with E-state index in [0.717, 1.165) is 0 Å². The van der Waals surface area contributed by atoms with Gasteiger partial charge in [-0.3, -0.25) is 14.9 Å². The summed E-state index contributed by atoms with van der Waals surface area (Å²) < 4.78 is 11.9. The zero-order valence-corrected chi connectivity index (χ0v) is 15.3. The van der Waals surface area contributed by atoms with E-state index < -0.39 is 16.7 Å². The average Bonchev–Trinajstić information content (AvgIpc) is 2.96. The molecule has 0 saturated carbocycles. The maximum atomic E-state index is 13.2. The van der Waals surface area contributed by atoms with Crippen LogP contribution in [0.15, 0.2) is 36.5 Å². The fourth-order valence-corrected chi connectivity index (χ4v) is 3.12. The molecule has 0 unspecified atom stereocenters. The van der Waals surface area contributed by atoms with Crippen LogP contribution in [0, 0.1) is 17.0 Å². The van der Waals surface area contributed by atoms with E-state index in [0.29, 0.717) is 16.8 Å². The Kier molecular flexibility index (Phi) is 4.74. The Morgan fingerprint density at radius 2 is 1.79 bits per heavy atom. The monoisotopic (exact) mass is 384 g/mol. The van der Waals surface area contributed by atoms with Crippen LogP contribution in [0.3, 0.4) is 0 Å². The summed E-state index contributed by atoms with van der Waals surface area (Å²) in [5.74, 6) is -1.20. The van der Waals surface area contributed by atoms with Gasteiger partial charge in [-0.05, 0) is 31.2 Å². The van der Waals surface area contributed by atoms with Crippen molar-refractivity contribution in [3.05, 3.63) is 69.0 Å². The third-order valence-electron chi connectivity index (χ3n) is 4.42. The number of benzene rings is 1. The third kappa shape index (κ3) is 2.92. The van der Waals surface area contributed by atoms with Crippen molar-refractivity contribution in [2.24, 2.45) is 0 Å². The SMILES string of the molecule is COc1cc(C(=O)c2c(C)c(OC)c3ccc(C(=O)O)cn23)ccc1[N+](=O)[O-]. The Balaban J connectivity index is 2.24. The van der Waals surface area contributed by atoms with Crippen LogP contribution in [0.4, 0.5) is 5.69 Å². The molecule has 0 amide bonds. The third-order valence-corrected chi connectivity index (χ3v) is 4.42. The van der Waals surface area contributed by atoms with Gasteiger partial charge >= 0.3 is 11.7 Å². The van der Waals surface area contributed by atoms with E-state index in [1.807, 2.05) is 0 Å². The summed E-state index contributed by atoms with van der Waals surface area (Å²) in [5, 5.41) is 20.3. The lowest BCUT2D eigenvalue weighted by Gasteiger charge is -2.07. The predicted molar refractivity (Wildman–Crippen MR) is 98.7 cm³/mol. The number of carboxylic acid groups (broad SMARTS) is 1. The summed E-state index contributed by atoms with van der Waals surface area (Å²) in [7, 11) is 2.73. The van der Waals surface area contributed by atoms with Crippen molar-refractivity contribution in [3.8, 4) is 11.5 Å². The number of carbonyl (C=O) groups is 2. The second kappa shape index (κ2) is 7.03. The Bertz CT molecular complexity index is 1130. The number of hydrogen-bond donors (Lipinski definition) is 1. The topological polar surface area (TPSA) is 120 Å². The van der Waals surface area contributed by atoms with Crippen LogP contribution in [0.25, 0.3) is 5.52 Å². The normalized spacial score (nSPS) is 10.7. The van der Waals surface area contributed by atoms with Crippen LogP contribution in [0.1, 0.15) is 32.0 Å². The number of carbonyl (C=O) groups excluding carboxylic acids is 1. The summed E-state index contributed by atoms with van der Waals surface area (Å²) in [4.78, 5) is 35.0. The minimum absolute atomic E-state index is 0.000447. The fourth-order valence-electron chi connectivity index (χ4n) is 3.12. The minimum atomic E-state index is -1.14. The van der Waals surface area contributed by atoms with Crippen molar-refractivity contribution < 1.29 is 29.1 Å². The Morgan fingerprint density at radius 1 is 1.11 bits per heavy atom. The molecule has 0 spiro atoms. The van der Waals surface area contributed by atoms with Crippen molar-refractivity contribution in [2.45, 2.75) is 6.92 Å². The molecule has 0 aliphatic rings. The number of nitrogens with zero attached hydrogens (tertiary/aromatic N) is 2. The van der Waals surface area contributed by atoms with Gasteiger partial charge in [-0.2, -0.15) is 0 Å². The summed E-state index contributed by atoms with van der Waals surface area (Å²) >= 11 is 0. The van der Waals surface area contributed by atoms with Crippen LogP contribution in [0.2, 0.25) is 0 Å². The molecule has 0 aliphatic heterocycles. The van der Waals surface area contributed by atoms with Crippen LogP contribution < -0.4 is 9.47 Å². The van der Waals surface area contributed by atoms with Gasteiger partial charge in [-0.15, -0.1) is 0 Å². The van der Waals surface area contributed by atoms with Gasteiger partial charge in [0, 0.05) is 23.4 Å². The second-order valence-electron chi connectivity index (χ2n) is 5.96. The molecule has 1 N–H and O–H groups in total. The lowest BCUT2D eigenvalue weighted by atomic mass is 10.0. The summed E-state index contributed by atoms with van der Waals surface area (Å²) in [6.07, 6.45) is 1.34. The second-order valence-corrected chi connectivity index (χ2v) is 5.96. The number of pyridine rings is 1. The van der Waals surface area contributed by atoms with E-state index in [9.17, 15) is 24.8 Å². The number of ether oxygens (including phenoxy) is 2. The van der Waals surface area contributed by atoms with Gasteiger partial charge in [0.15, 0.2) is 5.75 Å². The number of carboxylic acids is 1.